The molecule has 1 unspecified atom stereocenters. The van der Waals surface area contributed by atoms with E-state index in [1.165, 1.54) is 4.90 Å². The zero-order valence-corrected chi connectivity index (χ0v) is 12.5. The van der Waals surface area contributed by atoms with Crippen LogP contribution in [0.2, 0.25) is 0 Å². The van der Waals surface area contributed by atoms with Crippen LogP contribution in [0, 0.1) is 5.41 Å². The van der Waals surface area contributed by atoms with Gasteiger partial charge in [0, 0.05) is 13.1 Å². The normalized spacial score (nSPS) is 19.8. The highest BCUT2D eigenvalue weighted by molar-refractivity contribution is 5.77. The Morgan fingerprint density at radius 2 is 1.74 bits per heavy atom. The van der Waals surface area contributed by atoms with E-state index in [1.54, 1.807) is 34.7 Å². The molecule has 0 aromatic carbocycles. The van der Waals surface area contributed by atoms with Crippen molar-refractivity contribution in [2.45, 2.75) is 65.0 Å². The Labute approximate surface area is 114 Å². The SMILES string of the molecule is CC(N(C)C(=O)OC(C)(C)C)C1(C(=O)O)CCCC1. The van der Waals surface area contributed by atoms with Crippen LogP contribution in [-0.4, -0.2) is 40.8 Å². The van der Waals surface area contributed by atoms with Crippen LogP contribution < -0.4 is 0 Å². The highest BCUT2D eigenvalue weighted by Crippen LogP contribution is 2.43. The van der Waals surface area contributed by atoms with E-state index >= 15 is 0 Å². The van der Waals surface area contributed by atoms with Gasteiger partial charge in [-0.2, -0.15) is 0 Å². The molecule has 1 amide bonds. The van der Waals surface area contributed by atoms with Gasteiger partial charge < -0.3 is 14.7 Å². The van der Waals surface area contributed by atoms with Crippen LogP contribution in [-0.2, 0) is 9.53 Å². The largest absolute Gasteiger partial charge is 0.481 e. The van der Waals surface area contributed by atoms with Crippen molar-refractivity contribution >= 4 is 12.1 Å². The van der Waals surface area contributed by atoms with E-state index in [9.17, 15) is 14.7 Å². The van der Waals surface area contributed by atoms with Crippen molar-refractivity contribution in [3.05, 3.63) is 0 Å². The Hall–Kier alpha value is -1.26. The zero-order valence-electron chi connectivity index (χ0n) is 12.5. The molecule has 1 fully saturated rings. The zero-order chi connectivity index (χ0) is 14.8. The Bertz CT molecular complexity index is 353. The standard InChI is InChI=1S/C14H25NO4/c1-10(14(11(16)17)8-6-7-9-14)15(5)12(18)19-13(2,3)4/h10H,6-9H2,1-5H3,(H,16,17). The maximum atomic E-state index is 12.0. The summed E-state index contributed by atoms with van der Waals surface area (Å²) in [6.45, 7) is 7.19. The summed E-state index contributed by atoms with van der Waals surface area (Å²) in [6.07, 6.45) is 2.58. The molecule has 0 saturated heterocycles. The first-order valence-corrected chi connectivity index (χ1v) is 6.79. The van der Waals surface area contributed by atoms with Crippen LogP contribution in [0.4, 0.5) is 4.79 Å². The Kier molecular flexibility index (Phi) is 4.48. The number of ether oxygens (including phenoxy) is 1. The van der Waals surface area contributed by atoms with Crippen molar-refractivity contribution in [3.8, 4) is 0 Å². The lowest BCUT2D eigenvalue weighted by molar-refractivity contribution is -0.152. The Morgan fingerprint density at radius 3 is 2.11 bits per heavy atom. The van der Waals surface area contributed by atoms with Crippen LogP contribution in [0.15, 0.2) is 0 Å². The number of aliphatic carboxylic acids is 1. The van der Waals surface area contributed by atoms with Crippen LogP contribution in [0.25, 0.3) is 0 Å². The van der Waals surface area contributed by atoms with Crippen LogP contribution >= 0.6 is 0 Å². The summed E-state index contributed by atoms with van der Waals surface area (Å²) in [5.41, 5.74) is -1.40. The van der Waals surface area contributed by atoms with Gasteiger partial charge in [0.25, 0.3) is 0 Å². The van der Waals surface area contributed by atoms with Crippen LogP contribution in [0.3, 0.4) is 0 Å². The van der Waals surface area contributed by atoms with Gasteiger partial charge in [-0.05, 0) is 40.5 Å². The topological polar surface area (TPSA) is 66.8 Å². The first kappa shape index (κ1) is 15.8. The highest BCUT2D eigenvalue weighted by atomic mass is 16.6. The average Bonchev–Trinajstić information content (AvgIpc) is 2.74. The lowest BCUT2D eigenvalue weighted by Gasteiger charge is -2.37. The van der Waals surface area contributed by atoms with E-state index in [2.05, 4.69) is 0 Å². The lowest BCUT2D eigenvalue weighted by atomic mass is 9.79. The molecule has 0 bridgehead atoms. The number of hydrogen-bond acceptors (Lipinski definition) is 3. The van der Waals surface area contributed by atoms with E-state index in [0.717, 1.165) is 12.8 Å². The summed E-state index contributed by atoms with van der Waals surface area (Å²) in [5.74, 6) is -0.812. The predicted molar refractivity (Wildman–Crippen MR) is 72.0 cm³/mol. The van der Waals surface area contributed by atoms with Crippen molar-refractivity contribution in [1.29, 1.82) is 0 Å². The first-order valence-electron chi connectivity index (χ1n) is 6.79. The molecule has 0 radical (unpaired) electrons. The molecular weight excluding hydrogens is 246 g/mol. The van der Waals surface area contributed by atoms with Crippen LogP contribution in [0.1, 0.15) is 53.4 Å². The molecule has 0 heterocycles. The molecule has 1 atom stereocenters. The second kappa shape index (κ2) is 5.39. The fourth-order valence-electron chi connectivity index (χ4n) is 2.68. The number of rotatable bonds is 3. The maximum absolute atomic E-state index is 12.0. The summed E-state index contributed by atoms with van der Waals surface area (Å²) in [6, 6.07) is -0.373. The van der Waals surface area contributed by atoms with Gasteiger partial charge >= 0.3 is 12.1 Å². The molecule has 1 aliphatic rings. The molecule has 19 heavy (non-hydrogen) atoms. The molecule has 0 aliphatic heterocycles. The van der Waals surface area contributed by atoms with E-state index in [0.29, 0.717) is 12.8 Å². The third-order valence-electron chi connectivity index (χ3n) is 3.98. The van der Waals surface area contributed by atoms with E-state index in [4.69, 9.17) is 4.74 Å². The smallest absolute Gasteiger partial charge is 0.410 e. The van der Waals surface area contributed by atoms with Gasteiger partial charge in [-0.3, -0.25) is 4.79 Å². The second-order valence-corrected chi connectivity index (χ2v) is 6.44. The minimum atomic E-state index is -0.828. The minimum absolute atomic E-state index is 0.373. The highest BCUT2D eigenvalue weighted by Gasteiger charge is 2.48. The number of carbonyl (C=O) groups is 2. The molecular formula is C14H25NO4. The third-order valence-corrected chi connectivity index (χ3v) is 3.98. The minimum Gasteiger partial charge on any atom is -0.481 e. The molecule has 0 spiro atoms. The summed E-state index contributed by atoms with van der Waals surface area (Å²) >= 11 is 0. The maximum Gasteiger partial charge on any atom is 0.410 e. The summed E-state index contributed by atoms with van der Waals surface area (Å²) in [7, 11) is 1.61. The predicted octanol–water partition coefficient (Wildman–Crippen LogP) is 2.89. The number of carboxylic acids is 1. The first-order chi connectivity index (χ1) is 8.60. The van der Waals surface area contributed by atoms with Crippen molar-refractivity contribution in [1.82, 2.24) is 4.90 Å². The number of nitrogens with zero attached hydrogens (tertiary/aromatic N) is 1. The van der Waals surface area contributed by atoms with Gasteiger partial charge in [-0.1, -0.05) is 12.8 Å². The summed E-state index contributed by atoms with van der Waals surface area (Å²) in [5, 5.41) is 9.52. The third kappa shape index (κ3) is 3.39. The molecule has 1 rings (SSSR count). The Morgan fingerprint density at radius 1 is 1.26 bits per heavy atom. The number of hydrogen-bond donors (Lipinski definition) is 1. The molecule has 5 heteroatoms. The molecule has 0 aromatic heterocycles. The quantitative estimate of drug-likeness (QED) is 0.857. The molecule has 0 aromatic rings. The fourth-order valence-corrected chi connectivity index (χ4v) is 2.68. The number of carbonyl (C=O) groups excluding carboxylic acids is 1. The lowest BCUT2D eigenvalue weighted by Crippen LogP contribution is -2.50. The van der Waals surface area contributed by atoms with Gasteiger partial charge in [0.05, 0.1) is 5.41 Å². The van der Waals surface area contributed by atoms with Gasteiger partial charge in [0.1, 0.15) is 5.60 Å². The monoisotopic (exact) mass is 271 g/mol. The number of amides is 1. The van der Waals surface area contributed by atoms with Crippen molar-refractivity contribution in [2.24, 2.45) is 5.41 Å². The van der Waals surface area contributed by atoms with E-state index in [1.807, 2.05) is 0 Å². The molecule has 5 nitrogen and oxygen atoms in total. The van der Waals surface area contributed by atoms with Gasteiger partial charge in [0.2, 0.25) is 0 Å². The van der Waals surface area contributed by atoms with Crippen molar-refractivity contribution in [2.75, 3.05) is 7.05 Å². The van der Waals surface area contributed by atoms with Gasteiger partial charge in [-0.15, -0.1) is 0 Å². The van der Waals surface area contributed by atoms with Crippen molar-refractivity contribution in [3.63, 3.8) is 0 Å². The van der Waals surface area contributed by atoms with Gasteiger partial charge in [0.15, 0.2) is 0 Å². The van der Waals surface area contributed by atoms with Crippen LogP contribution in [0.5, 0.6) is 0 Å². The van der Waals surface area contributed by atoms with E-state index < -0.39 is 23.1 Å². The van der Waals surface area contributed by atoms with Crippen molar-refractivity contribution < 1.29 is 19.4 Å². The number of carboxylic acid groups (broad SMARTS) is 1. The van der Waals surface area contributed by atoms with Gasteiger partial charge in [-0.25, -0.2) is 4.79 Å². The summed E-state index contributed by atoms with van der Waals surface area (Å²) in [4.78, 5) is 25.1. The average molecular weight is 271 g/mol. The molecule has 1 aliphatic carbocycles. The molecule has 1 saturated carbocycles. The molecule has 1 N–H and O–H groups in total. The van der Waals surface area contributed by atoms with E-state index in [-0.39, 0.29) is 6.04 Å². The molecule has 110 valence electrons. The second-order valence-electron chi connectivity index (χ2n) is 6.44. The Balaban J connectivity index is 2.83. The summed E-state index contributed by atoms with van der Waals surface area (Å²) < 4.78 is 5.30. The fraction of sp³-hybridized carbons (Fsp3) is 0.857.